The summed E-state index contributed by atoms with van der Waals surface area (Å²) in [5.41, 5.74) is 0. The third-order valence-electron chi connectivity index (χ3n) is 1.86. The molecular weight excluding hydrogens is 176 g/mol. The minimum Gasteiger partial charge on any atom is -0.353 e. The number of carbonyl (C=O) groups is 1. The minimum absolute atomic E-state index is 0.0236. The van der Waals surface area contributed by atoms with E-state index in [4.69, 9.17) is 6.42 Å². The van der Waals surface area contributed by atoms with E-state index in [1.807, 2.05) is 13.8 Å². The van der Waals surface area contributed by atoms with Gasteiger partial charge in [0.25, 0.3) is 0 Å². The Morgan fingerprint density at radius 3 is 2.57 bits per heavy atom. The molecule has 1 amide bonds. The summed E-state index contributed by atoms with van der Waals surface area (Å²) in [7, 11) is 0. The summed E-state index contributed by atoms with van der Waals surface area (Å²) >= 11 is 0. The summed E-state index contributed by atoms with van der Waals surface area (Å²) in [6.45, 7) is 6.28. The second kappa shape index (κ2) is 7.40. The van der Waals surface area contributed by atoms with E-state index in [-0.39, 0.29) is 18.0 Å². The van der Waals surface area contributed by atoms with Gasteiger partial charge in [-0.15, -0.1) is 12.3 Å². The van der Waals surface area contributed by atoms with Crippen molar-refractivity contribution in [2.45, 2.75) is 45.7 Å². The third kappa shape index (κ3) is 6.50. The molecule has 0 aliphatic carbocycles. The molecule has 3 nitrogen and oxygen atoms in total. The summed E-state index contributed by atoms with van der Waals surface area (Å²) in [5, 5.41) is 5.93. The smallest absolute Gasteiger partial charge is 0.234 e. The number of hydrogen-bond acceptors (Lipinski definition) is 2. The number of rotatable bonds is 6. The fraction of sp³-hybridized carbons (Fsp3) is 0.727. The molecule has 0 bridgehead atoms. The molecule has 1 unspecified atom stereocenters. The maximum atomic E-state index is 11.3. The molecule has 80 valence electrons. The Balaban J connectivity index is 3.69. The van der Waals surface area contributed by atoms with E-state index in [1.54, 1.807) is 0 Å². The highest BCUT2D eigenvalue weighted by Crippen LogP contribution is 1.94. The van der Waals surface area contributed by atoms with Crippen LogP contribution in [-0.2, 0) is 4.79 Å². The second-order valence-electron chi connectivity index (χ2n) is 3.62. The van der Waals surface area contributed by atoms with Crippen LogP contribution in [0.25, 0.3) is 0 Å². The van der Waals surface area contributed by atoms with E-state index >= 15 is 0 Å². The fourth-order valence-corrected chi connectivity index (χ4v) is 1.11. The molecule has 0 spiro atoms. The zero-order valence-electron chi connectivity index (χ0n) is 9.26. The molecule has 1 atom stereocenters. The van der Waals surface area contributed by atoms with Gasteiger partial charge < -0.3 is 10.6 Å². The summed E-state index contributed by atoms with van der Waals surface area (Å²) in [4.78, 5) is 11.3. The third-order valence-corrected chi connectivity index (χ3v) is 1.86. The second-order valence-corrected chi connectivity index (χ2v) is 3.62. The van der Waals surface area contributed by atoms with Gasteiger partial charge in [0.15, 0.2) is 0 Å². The molecule has 0 fully saturated rings. The van der Waals surface area contributed by atoms with E-state index in [2.05, 4.69) is 23.5 Å². The SMILES string of the molecule is C#CCC(CC)NCC(=O)NC(C)C. The summed E-state index contributed by atoms with van der Waals surface area (Å²) in [6.07, 6.45) is 6.82. The standard InChI is InChI=1S/C11H20N2O/c1-5-7-10(6-2)12-8-11(14)13-9(3)4/h1,9-10,12H,6-8H2,2-4H3,(H,13,14). The summed E-state index contributed by atoms with van der Waals surface area (Å²) in [5.74, 6) is 2.61. The first-order chi connectivity index (χ1) is 6.60. The van der Waals surface area contributed by atoms with Gasteiger partial charge in [0, 0.05) is 18.5 Å². The van der Waals surface area contributed by atoms with Gasteiger partial charge in [0.1, 0.15) is 0 Å². The number of nitrogens with one attached hydrogen (secondary N) is 2. The number of amides is 1. The van der Waals surface area contributed by atoms with Crippen molar-refractivity contribution in [3.05, 3.63) is 0 Å². The van der Waals surface area contributed by atoms with Gasteiger partial charge in [0.2, 0.25) is 5.91 Å². The maximum absolute atomic E-state index is 11.3. The number of terminal acetylenes is 1. The van der Waals surface area contributed by atoms with Crippen LogP contribution >= 0.6 is 0 Å². The Morgan fingerprint density at radius 1 is 1.50 bits per heavy atom. The zero-order valence-corrected chi connectivity index (χ0v) is 9.26. The van der Waals surface area contributed by atoms with E-state index in [0.717, 1.165) is 6.42 Å². The predicted molar refractivity (Wildman–Crippen MR) is 58.8 cm³/mol. The van der Waals surface area contributed by atoms with E-state index in [9.17, 15) is 4.79 Å². The zero-order chi connectivity index (χ0) is 11.0. The molecule has 0 aromatic rings. The average molecular weight is 196 g/mol. The fourth-order valence-electron chi connectivity index (χ4n) is 1.11. The Morgan fingerprint density at radius 2 is 2.14 bits per heavy atom. The van der Waals surface area contributed by atoms with E-state index in [0.29, 0.717) is 13.0 Å². The van der Waals surface area contributed by atoms with Crippen LogP contribution < -0.4 is 10.6 Å². The van der Waals surface area contributed by atoms with Gasteiger partial charge in [-0.2, -0.15) is 0 Å². The van der Waals surface area contributed by atoms with Crippen LogP contribution in [-0.4, -0.2) is 24.5 Å². The molecule has 3 heteroatoms. The van der Waals surface area contributed by atoms with E-state index < -0.39 is 0 Å². The van der Waals surface area contributed by atoms with Crippen molar-refractivity contribution >= 4 is 5.91 Å². The molecule has 14 heavy (non-hydrogen) atoms. The first-order valence-corrected chi connectivity index (χ1v) is 5.06. The van der Waals surface area contributed by atoms with Crippen LogP contribution in [0.1, 0.15) is 33.6 Å². The summed E-state index contributed by atoms with van der Waals surface area (Å²) < 4.78 is 0. The molecule has 0 saturated heterocycles. The molecule has 0 rings (SSSR count). The first kappa shape index (κ1) is 13.0. The molecular formula is C11H20N2O. The lowest BCUT2D eigenvalue weighted by molar-refractivity contribution is -0.120. The van der Waals surface area contributed by atoms with Crippen molar-refractivity contribution in [3.63, 3.8) is 0 Å². The molecule has 0 aromatic carbocycles. The maximum Gasteiger partial charge on any atom is 0.234 e. The predicted octanol–water partition coefficient (Wildman–Crippen LogP) is 0.902. The van der Waals surface area contributed by atoms with Crippen molar-refractivity contribution in [2.75, 3.05) is 6.54 Å². The van der Waals surface area contributed by atoms with Crippen LogP contribution in [0.5, 0.6) is 0 Å². The van der Waals surface area contributed by atoms with Crippen LogP contribution in [0.3, 0.4) is 0 Å². The number of hydrogen-bond donors (Lipinski definition) is 2. The lowest BCUT2D eigenvalue weighted by Crippen LogP contribution is -2.41. The summed E-state index contributed by atoms with van der Waals surface area (Å²) in [6, 6.07) is 0.440. The van der Waals surface area contributed by atoms with Crippen LogP contribution in [0.2, 0.25) is 0 Å². The largest absolute Gasteiger partial charge is 0.353 e. The highest BCUT2D eigenvalue weighted by molar-refractivity contribution is 5.78. The van der Waals surface area contributed by atoms with Crippen LogP contribution in [0, 0.1) is 12.3 Å². The first-order valence-electron chi connectivity index (χ1n) is 5.06. The van der Waals surface area contributed by atoms with Crippen molar-refractivity contribution < 1.29 is 4.79 Å². The van der Waals surface area contributed by atoms with Gasteiger partial charge in [-0.05, 0) is 20.3 Å². The van der Waals surface area contributed by atoms with Crippen molar-refractivity contribution in [2.24, 2.45) is 0 Å². The normalized spacial score (nSPS) is 12.2. The average Bonchev–Trinajstić information content (AvgIpc) is 2.11. The minimum atomic E-state index is 0.0236. The van der Waals surface area contributed by atoms with Gasteiger partial charge in [-0.3, -0.25) is 4.79 Å². The van der Waals surface area contributed by atoms with Gasteiger partial charge in [-0.1, -0.05) is 6.92 Å². The Kier molecular flexibility index (Phi) is 6.87. The molecule has 0 heterocycles. The van der Waals surface area contributed by atoms with Crippen LogP contribution in [0.4, 0.5) is 0 Å². The van der Waals surface area contributed by atoms with Crippen molar-refractivity contribution in [1.82, 2.24) is 10.6 Å². The highest BCUT2D eigenvalue weighted by atomic mass is 16.1. The molecule has 0 aliphatic rings. The Hall–Kier alpha value is -1.01. The Labute approximate surface area is 86.6 Å². The van der Waals surface area contributed by atoms with Crippen LogP contribution in [0.15, 0.2) is 0 Å². The molecule has 2 N–H and O–H groups in total. The molecule has 0 aliphatic heterocycles. The van der Waals surface area contributed by atoms with Gasteiger partial charge in [-0.25, -0.2) is 0 Å². The molecule has 0 saturated carbocycles. The lowest BCUT2D eigenvalue weighted by atomic mass is 10.1. The highest BCUT2D eigenvalue weighted by Gasteiger charge is 2.07. The quantitative estimate of drug-likeness (QED) is 0.620. The lowest BCUT2D eigenvalue weighted by Gasteiger charge is -2.14. The van der Waals surface area contributed by atoms with E-state index in [1.165, 1.54) is 0 Å². The number of carbonyl (C=O) groups excluding carboxylic acids is 1. The molecule has 0 aromatic heterocycles. The topological polar surface area (TPSA) is 41.1 Å². The monoisotopic (exact) mass is 196 g/mol. The van der Waals surface area contributed by atoms with Crippen molar-refractivity contribution in [3.8, 4) is 12.3 Å². The van der Waals surface area contributed by atoms with Crippen molar-refractivity contribution in [1.29, 1.82) is 0 Å². The molecule has 0 radical (unpaired) electrons. The Bertz CT molecular complexity index is 206. The van der Waals surface area contributed by atoms with Gasteiger partial charge in [0.05, 0.1) is 6.54 Å². The van der Waals surface area contributed by atoms with Gasteiger partial charge >= 0.3 is 0 Å².